The summed E-state index contributed by atoms with van der Waals surface area (Å²) in [6, 6.07) is 0.317. The number of fused-ring (bicyclic) bond motifs is 4. The zero-order valence-electron chi connectivity index (χ0n) is 53.5. The summed E-state index contributed by atoms with van der Waals surface area (Å²) in [6.07, 6.45) is 6.13. The van der Waals surface area contributed by atoms with Crippen molar-refractivity contribution in [2.75, 3.05) is 59.4 Å². The number of rotatable bonds is 14. The summed E-state index contributed by atoms with van der Waals surface area (Å²) in [5, 5.41) is 14.3. The van der Waals surface area contributed by atoms with Crippen molar-refractivity contribution < 1.29 is 70.9 Å². The van der Waals surface area contributed by atoms with Gasteiger partial charge >= 0.3 is 18.4 Å². The first-order chi connectivity index (χ1) is 40.7. The fourth-order valence-electron chi connectivity index (χ4n) is 11.0. The van der Waals surface area contributed by atoms with E-state index in [9.17, 15) is 23.5 Å². The molecule has 0 unspecified atom stereocenters. The van der Waals surface area contributed by atoms with Gasteiger partial charge in [0.05, 0.1) is 49.7 Å². The Labute approximate surface area is 533 Å². The van der Waals surface area contributed by atoms with E-state index in [1.807, 2.05) is 48.5 Å². The highest BCUT2D eigenvalue weighted by Gasteiger charge is 2.58. The lowest BCUT2D eigenvalue weighted by molar-refractivity contribution is -0.195. The van der Waals surface area contributed by atoms with E-state index < -0.39 is 79.6 Å². The number of nitrogens with one attached hydrogen (secondary N) is 1. The quantitative estimate of drug-likeness (QED) is 0.0403. The second kappa shape index (κ2) is 27.5. The molecule has 492 valence electrons. The molecule has 31 heteroatoms. The largest absolute Gasteiger partial charge is 0.519 e. The van der Waals surface area contributed by atoms with Crippen molar-refractivity contribution in [3.05, 3.63) is 23.0 Å². The summed E-state index contributed by atoms with van der Waals surface area (Å²) in [6.45, 7) is 30.3. The maximum Gasteiger partial charge on any atom is 0.519 e. The number of amides is 1. The van der Waals surface area contributed by atoms with Crippen LogP contribution in [0.25, 0.3) is 22.1 Å². The number of hydrogen-bond acceptors (Lipinski definition) is 24. The number of nitrogens with zero attached hydrogens (tertiary/aromatic N) is 9. The normalized spacial score (nSPS) is 25.4. The van der Waals surface area contributed by atoms with Gasteiger partial charge in [0.1, 0.15) is 47.0 Å². The van der Waals surface area contributed by atoms with Crippen molar-refractivity contribution in [1.29, 1.82) is 0 Å². The molecule has 8 heterocycles. The lowest BCUT2D eigenvalue weighted by Gasteiger charge is -2.31. The van der Waals surface area contributed by atoms with Crippen LogP contribution < -0.4 is 10.2 Å². The van der Waals surface area contributed by atoms with Gasteiger partial charge in [-0.2, -0.15) is 53.7 Å². The Morgan fingerprint density at radius 3 is 1.48 bits per heavy atom. The zero-order valence-corrected chi connectivity index (χ0v) is 58.5. The summed E-state index contributed by atoms with van der Waals surface area (Å²) >= 11 is 16.0. The van der Waals surface area contributed by atoms with Crippen LogP contribution in [0.5, 0.6) is 0 Å². The molecule has 0 aromatic carbocycles. The molecule has 4 saturated heterocycles. The molecule has 0 bridgehead atoms. The molecule has 0 spiro atoms. The van der Waals surface area contributed by atoms with Crippen molar-refractivity contribution in [2.45, 2.75) is 231 Å². The lowest BCUT2D eigenvalue weighted by atomic mass is 10.1. The highest BCUT2D eigenvalue weighted by atomic mass is 35.5. The topological polar surface area (TPSA) is 280 Å². The predicted molar refractivity (Wildman–Crippen MR) is 340 cm³/mol. The summed E-state index contributed by atoms with van der Waals surface area (Å²) in [7, 11) is -4.30. The van der Waals surface area contributed by atoms with Gasteiger partial charge in [-0.05, 0) is 166 Å². The van der Waals surface area contributed by atoms with Crippen LogP contribution in [0.15, 0.2) is 12.4 Å². The second-order valence-electron chi connectivity index (χ2n) is 27.7. The minimum absolute atomic E-state index is 0.0111. The van der Waals surface area contributed by atoms with Crippen molar-refractivity contribution in [1.82, 2.24) is 39.5 Å². The third kappa shape index (κ3) is 19.0. The molecule has 10 rings (SSSR count). The number of aromatic nitrogens is 8. The molecule has 6 aliphatic rings. The van der Waals surface area contributed by atoms with Crippen LogP contribution in [0, 0.1) is 0 Å². The van der Waals surface area contributed by atoms with E-state index in [0.29, 0.717) is 56.9 Å². The Bertz CT molecular complexity index is 3200. The highest BCUT2D eigenvalue weighted by molar-refractivity contribution is 8.05. The van der Waals surface area contributed by atoms with Gasteiger partial charge in [0.25, 0.3) is 0 Å². The van der Waals surface area contributed by atoms with Gasteiger partial charge in [-0.1, -0.05) is 25.7 Å². The van der Waals surface area contributed by atoms with Crippen molar-refractivity contribution >= 4 is 113 Å². The molecule has 4 aromatic heterocycles. The van der Waals surface area contributed by atoms with E-state index in [-0.39, 0.29) is 47.1 Å². The molecule has 1 amide bonds. The molecule has 0 radical (unpaired) electrons. The maximum absolute atomic E-state index is 13.5. The van der Waals surface area contributed by atoms with Gasteiger partial charge in [0.15, 0.2) is 41.1 Å². The standard InChI is InChI=1S/C26H39ClN5O6PS.C21H31ClN5O4PS.C10H18O5/c1-25(2,3)38-24(33)31(15-10-8-9-11-15)20-16-12-28-32(21(16)30-23(27)29-20)22-19-18(36-26(4,5)37-19)17(35-22)13-40-14-39(6,7)34;1-21(2)30-15-14(10-33-11-32(3,4)28)29-19(16(15)31-21)27-18-13(9-23-27)17(25-20(22)26-18)24-12-7-5-6-8-12;1-9(2,3)14-7(11)13-8(12)15-10(4,5)6/h12,15,17-19,22H,8-11,13-14H2,1-7H3;9,12,14-16,19H,5-8,10-11H2,1-4H3,(H,24,25,26);1-6H3/t17-,18-,19-,22-;14-,15-,16-,19-;/m11./s1. The van der Waals surface area contributed by atoms with Gasteiger partial charge in [0.2, 0.25) is 10.6 Å². The van der Waals surface area contributed by atoms with Crippen molar-refractivity contribution in [2.24, 2.45) is 0 Å². The van der Waals surface area contributed by atoms with Crippen LogP contribution >= 0.6 is 61.0 Å². The summed E-state index contributed by atoms with van der Waals surface area (Å²) in [4.78, 5) is 55.1. The first-order valence-electron chi connectivity index (χ1n) is 29.7. The smallest absolute Gasteiger partial charge is 0.443 e. The van der Waals surface area contributed by atoms with Crippen LogP contribution in [-0.4, -0.2) is 184 Å². The SMILES string of the molecule is CC(C)(C)OC(=O)N(c1nc(Cl)nc2c1cnn2[C@@H]1O[C@H](CSCP(C)(C)=O)[C@H]2OC(C)(C)O[C@H]21)C1CCCC1.CC(C)(C)OC(=O)OC(=O)OC(C)(C)C.CC1(C)O[C@@H]2[C@H](O1)[C@@H](CSCP(C)(C)=O)O[C@H]2n1ncc2c(NC3CCCC3)nc(Cl)nc21. The number of ether oxygens (including phenoxy) is 10. The van der Waals surface area contributed by atoms with Crippen molar-refractivity contribution in [3.8, 4) is 0 Å². The molecular weight excluding hydrogens is 1260 g/mol. The Balaban J connectivity index is 0.000000188. The third-order valence-electron chi connectivity index (χ3n) is 14.1. The Hall–Kier alpha value is -3.59. The molecule has 4 aromatic rings. The van der Waals surface area contributed by atoms with Crippen LogP contribution in [0.3, 0.4) is 0 Å². The zero-order chi connectivity index (χ0) is 64.7. The van der Waals surface area contributed by atoms with E-state index in [1.165, 1.54) is 12.8 Å². The average Bonchev–Trinajstić information content (AvgIpc) is 1.75. The molecule has 6 fully saturated rings. The Kier molecular flexibility index (Phi) is 22.0. The molecule has 25 nitrogen and oxygen atoms in total. The van der Waals surface area contributed by atoms with E-state index in [0.717, 1.165) is 43.9 Å². The predicted octanol–water partition coefficient (Wildman–Crippen LogP) is 13.3. The number of hydrogen-bond donors (Lipinski definition) is 1. The van der Waals surface area contributed by atoms with Crippen LogP contribution in [0.2, 0.25) is 10.6 Å². The minimum atomic E-state index is -2.18. The highest BCUT2D eigenvalue weighted by Crippen LogP contribution is 2.49. The van der Waals surface area contributed by atoms with Gasteiger partial charge in [-0.25, -0.2) is 23.7 Å². The second-order valence-corrected chi connectivity index (χ2v) is 38.2. The summed E-state index contributed by atoms with van der Waals surface area (Å²) in [5.41, 5.74) is 0.119. The Morgan fingerprint density at radius 1 is 0.625 bits per heavy atom. The van der Waals surface area contributed by atoms with Crippen LogP contribution in [-0.2, 0) is 56.5 Å². The van der Waals surface area contributed by atoms with Gasteiger partial charge in [0, 0.05) is 34.6 Å². The third-order valence-corrected chi connectivity index (χ3v) is 22.0. The fourth-order valence-corrected chi connectivity index (χ4v) is 16.6. The minimum Gasteiger partial charge on any atom is -0.443 e. The van der Waals surface area contributed by atoms with E-state index in [2.05, 4.69) is 40.2 Å². The molecular formula is C57H88Cl2N10O15P2S2. The van der Waals surface area contributed by atoms with Gasteiger partial charge in [-0.15, -0.1) is 0 Å². The first-order valence-corrected chi connectivity index (χ1v) is 38.3. The fraction of sp³-hybridized carbons (Fsp3) is 0.772. The first kappa shape index (κ1) is 70.3. The monoisotopic (exact) mass is 1350 g/mol. The average molecular weight is 1350 g/mol. The number of carbonyl (C=O) groups is 3. The molecule has 2 aliphatic carbocycles. The van der Waals surface area contributed by atoms with Gasteiger partial charge in [-0.3, -0.25) is 4.90 Å². The molecule has 88 heavy (non-hydrogen) atoms. The number of halogens is 2. The summed E-state index contributed by atoms with van der Waals surface area (Å²) in [5.74, 6) is 0.797. The Morgan fingerprint density at radius 2 is 1.03 bits per heavy atom. The molecule has 1 N–H and O–H groups in total. The molecule has 2 saturated carbocycles. The summed E-state index contributed by atoms with van der Waals surface area (Å²) < 4.78 is 85.2. The van der Waals surface area contributed by atoms with Crippen molar-refractivity contribution in [3.63, 3.8) is 0 Å². The molecule has 4 aliphatic heterocycles. The van der Waals surface area contributed by atoms with E-state index >= 15 is 0 Å². The van der Waals surface area contributed by atoms with Crippen LogP contribution in [0.4, 0.5) is 26.0 Å². The van der Waals surface area contributed by atoms with Gasteiger partial charge < -0.3 is 61.8 Å². The molecule has 8 atom stereocenters. The van der Waals surface area contributed by atoms with E-state index in [1.54, 1.807) is 118 Å². The maximum atomic E-state index is 13.5. The lowest BCUT2D eigenvalue weighted by Crippen LogP contribution is -2.43. The number of anilines is 2. The van der Waals surface area contributed by atoms with E-state index in [4.69, 9.17) is 65.8 Å². The number of carbonyl (C=O) groups excluding carboxylic acids is 3. The number of thioether (sulfide) groups is 2. The van der Waals surface area contributed by atoms with Crippen LogP contribution in [0.1, 0.15) is 154 Å².